The second-order valence-electron chi connectivity index (χ2n) is 4.54. The zero-order valence-corrected chi connectivity index (χ0v) is 10.2. The van der Waals surface area contributed by atoms with E-state index in [-0.39, 0.29) is 0 Å². The Hall–Kier alpha value is -1.32. The summed E-state index contributed by atoms with van der Waals surface area (Å²) in [6.45, 7) is 5.45. The van der Waals surface area contributed by atoms with Crippen LogP contribution in [0.2, 0.25) is 0 Å². The van der Waals surface area contributed by atoms with Crippen molar-refractivity contribution in [3.63, 3.8) is 0 Å². The molecular weight excluding hydrogens is 200 g/mol. The molecule has 2 heterocycles. The minimum atomic E-state index is 0.992. The summed E-state index contributed by atoms with van der Waals surface area (Å²) in [7, 11) is 4.20. The van der Waals surface area contributed by atoms with Crippen LogP contribution in [0.1, 0.15) is 12.8 Å². The fraction of sp³-hybridized carbons (Fsp3) is 0.583. The summed E-state index contributed by atoms with van der Waals surface area (Å²) in [5.41, 5.74) is 0. The van der Waals surface area contributed by atoms with Crippen LogP contribution in [0.5, 0.6) is 0 Å². The van der Waals surface area contributed by atoms with Gasteiger partial charge in [0.05, 0.1) is 19.9 Å². The molecule has 0 N–H and O–H groups in total. The molecule has 0 unspecified atom stereocenters. The van der Waals surface area contributed by atoms with Gasteiger partial charge in [-0.05, 0) is 12.8 Å². The Bertz CT molecular complexity index is 246. The van der Waals surface area contributed by atoms with Crippen molar-refractivity contribution in [3.05, 3.63) is 31.3 Å². The smallest absolute Gasteiger partial charge is 0.0894 e. The Labute approximate surface area is 98.4 Å². The monoisotopic (exact) mass is 221 g/mol. The molecule has 2 aliphatic heterocycles. The molecule has 1 radical (unpaired) electrons. The van der Waals surface area contributed by atoms with E-state index in [1.807, 2.05) is 0 Å². The number of hydrogen-bond acceptors (Lipinski definition) is 4. The van der Waals surface area contributed by atoms with Crippen molar-refractivity contribution >= 4 is 0 Å². The molecule has 0 bridgehead atoms. The Morgan fingerprint density at radius 3 is 2.38 bits per heavy atom. The minimum Gasteiger partial charge on any atom is -0.362 e. The van der Waals surface area contributed by atoms with Gasteiger partial charge in [0, 0.05) is 45.4 Å². The van der Waals surface area contributed by atoms with Gasteiger partial charge in [0.1, 0.15) is 0 Å². The molecular formula is C12H21N4. The predicted molar refractivity (Wildman–Crippen MR) is 65.6 cm³/mol. The number of rotatable bonds is 5. The first kappa shape index (κ1) is 11.2. The first-order chi connectivity index (χ1) is 7.74. The Morgan fingerprint density at radius 2 is 1.75 bits per heavy atom. The standard InChI is InChI=1S/C12H21N4/c1-13-7-9-15(11-13)5-3-4-6-16-10-8-14(2)12-16/h5,7-10H,3-4,6,11-12H2,1-2H3. The molecule has 2 rings (SSSR count). The molecule has 16 heavy (non-hydrogen) atoms. The normalized spacial score (nSPS) is 19.4. The summed E-state index contributed by atoms with van der Waals surface area (Å²) in [5.74, 6) is 0. The Balaban J connectivity index is 1.53. The highest BCUT2D eigenvalue weighted by molar-refractivity contribution is 4.92. The topological polar surface area (TPSA) is 13.0 Å². The maximum Gasteiger partial charge on any atom is 0.0894 e. The van der Waals surface area contributed by atoms with E-state index in [1.165, 1.54) is 6.42 Å². The molecule has 2 aliphatic rings. The van der Waals surface area contributed by atoms with Crippen LogP contribution in [-0.4, -0.2) is 53.6 Å². The molecule has 0 aromatic rings. The van der Waals surface area contributed by atoms with E-state index in [1.54, 1.807) is 0 Å². The van der Waals surface area contributed by atoms with Gasteiger partial charge in [-0.2, -0.15) is 0 Å². The molecule has 0 aromatic heterocycles. The average molecular weight is 221 g/mol. The molecule has 4 nitrogen and oxygen atoms in total. The molecule has 0 saturated carbocycles. The lowest BCUT2D eigenvalue weighted by Gasteiger charge is -2.20. The molecule has 0 spiro atoms. The second kappa shape index (κ2) is 5.14. The fourth-order valence-electron chi connectivity index (χ4n) is 1.96. The number of nitrogens with zero attached hydrogens (tertiary/aromatic N) is 4. The van der Waals surface area contributed by atoms with E-state index in [9.17, 15) is 0 Å². The van der Waals surface area contributed by atoms with E-state index >= 15 is 0 Å². The van der Waals surface area contributed by atoms with Crippen molar-refractivity contribution in [3.8, 4) is 0 Å². The zero-order valence-electron chi connectivity index (χ0n) is 10.2. The summed E-state index contributed by atoms with van der Waals surface area (Å²) in [6.07, 6.45) is 10.9. The Morgan fingerprint density at radius 1 is 1.00 bits per heavy atom. The molecule has 0 aromatic carbocycles. The maximum atomic E-state index is 2.35. The molecule has 0 amide bonds. The van der Waals surface area contributed by atoms with Gasteiger partial charge in [-0.1, -0.05) is 0 Å². The summed E-state index contributed by atoms with van der Waals surface area (Å²) >= 11 is 0. The van der Waals surface area contributed by atoms with Gasteiger partial charge in [-0.15, -0.1) is 0 Å². The quantitative estimate of drug-likeness (QED) is 0.648. The molecule has 4 heteroatoms. The van der Waals surface area contributed by atoms with Crippen molar-refractivity contribution in [1.29, 1.82) is 0 Å². The van der Waals surface area contributed by atoms with E-state index in [0.717, 1.165) is 26.3 Å². The van der Waals surface area contributed by atoms with Crippen molar-refractivity contribution in [1.82, 2.24) is 19.6 Å². The van der Waals surface area contributed by atoms with Crippen molar-refractivity contribution in [2.24, 2.45) is 0 Å². The van der Waals surface area contributed by atoms with Crippen LogP contribution >= 0.6 is 0 Å². The van der Waals surface area contributed by atoms with Crippen LogP contribution in [0.15, 0.2) is 24.8 Å². The van der Waals surface area contributed by atoms with Crippen LogP contribution < -0.4 is 0 Å². The van der Waals surface area contributed by atoms with E-state index in [0.29, 0.717) is 0 Å². The van der Waals surface area contributed by atoms with Gasteiger partial charge in [0.15, 0.2) is 0 Å². The van der Waals surface area contributed by atoms with Gasteiger partial charge in [-0.3, -0.25) is 0 Å². The van der Waals surface area contributed by atoms with E-state index in [4.69, 9.17) is 0 Å². The SMILES string of the molecule is CN1C=CN([CH]CCCN2C=CN(C)C2)C1. The predicted octanol–water partition coefficient (Wildman–Crippen LogP) is 1.28. The van der Waals surface area contributed by atoms with Crippen LogP contribution in [-0.2, 0) is 0 Å². The molecule has 0 atom stereocenters. The summed E-state index contributed by atoms with van der Waals surface area (Å²) in [6, 6.07) is 0. The first-order valence-electron chi connectivity index (χ1n) is 5.84. The van der Waals surface area contributed by atoms with Crippen LogP contribution in [0.25, 0.3) is 0 Å². The third kappa shape index (κ3) is 3.08. The zero-order chi connectivity index (χ0) is 11.4. The first-order valence-corrected chi connectivity index (χ1v) is 5.84. The van der Waals surface area contributed by atoms with Gasteiger partial charge in [0.2, 0.25) is 0 Å². The summed E-state index contributed by atoms with van der Waals surface area (Å²) in [5, 5.41) is 0. The van der Waals surface area contributed by atoms with E-state index in [2.05, 4.69) is 65.0 Å². The van der Waals surface area contributed by atoms with Gasteiger partial charge in [-0.25, -0.2) is 0 Å². The van der Waals surface area contributed by atoms with Crippen molar-refractivity contribution < 1.29 is 0 Å². The number of hydrogen-bond donors (Lipinski definition) is 0. The summed E-state index contributed by atoms with van der Waals surface area (Å²) in [4.78, 5) is 8.96. The maximum absolute atomic E-state index is 2.35. The fourth-order valence-corrected chi connectivity index (χ4v) is 1.96. The lowest BCUT2D eigenvalue weighted by Crippen LogP contribution is -2.24. The van der Waals surface area contributed by atoms with E-state index < -0.39 is 0 Å². The Kier molecular flexibility index (Phi) is 3.59. The minimum absolute atomic E-state index is 0.992. The average Bonchev–Trinajstić information content (AvgIpc) is 2.83. The highest BCUT2D eigenvalue weighted by atomic mass is 15.3. The highest BCUT2D eigenvalue weighted by Gasteiger charge is 2.09. The van der Waals surface area contributed by atoms with Crippen molar-refractivity contribution in [2.75, 3.05) is 34.0 Å². The van der Waals surface area contributed by atoms with Crippen molar-refractivity contribution in [2.45, 2.75) is 12.8 Å². The van der Waals surface area contributed by atoms with Gasteiger partial charge >= 0.3 is 0 Å². The molecule has 0 aliphatic carbocycles. The molecule has 0 saturated heterocycles. The third-order valence-corrected chi connectivity index (χ3v) is 2.85. The lowest BCUT2D eigenvalue weighted by atomic mass is 10.3. The lowest BCUT2D eigenvalue weighted by molar-refractivity contribution is 0.286. The van der Waals surface area contributed by atoms with Crippen LogP contribution in [0, 0.1) is 6.54 Å². The largest absolute Gasteiger partial charge is 0.362 e. The van der Waals surface area contributed by atoms with Crippen LogP contribution in [0.4, 0.5) is 0 Å². The molecule has 0 fully saturated rings. The summed E-state index contributed by atoms with van der Waals surface area (Å²) < 4.78 is 0. The second-order valence-corrected chi connectivity index (χ2v) is 4.54. The van der Waals surface area contributed by atoms with Gasteiger partial charge in [0.25, 0.3) is 0 Å². The molecule has 89 valence electrons. The number of unbranched alkanes of at least 4 members (excludes halogenated alkanes) is 1. The van der Waals surface area contributed by atoms with Crippen LogP contribution in [0.3, 0.4) is 0 Å². The highest BCUT2D eigenvalue weighted by Crippen LogP contribution is 2.10. The van der Waals surface area contributed by atoms with Gasteiger partial charge < -0.3 is 19.6 Å². The third-order valence-electron chi connectivity index (χ3n) is 2.85.